The highest BCUT2D eigenvalue weighted by molar-refractivity contribution is 6.16. The number of aliphatic hydroxyl groups is 1. The molecule has 7 rings (SSSR count). The maximum atomic E-state index is 14.9. The van der Waals surface area contributed by atoms with Gasteiger partial charge in [0.2, 0.25) is 0 Å². The molecule has 3 fully saturated rings. The second-order valence-electron chi connectivity index (χ2n) is 12.4. The molecule has 11 heteroatoms. The molecule has 0 spiro atoms. The number of rotatable bonds is 6. The molecular weight excluding hydrogens is 556 g/mol. The van der Waals surface area contributed by atoms with Gasteiger partial charge in [0.25, 0.3) is 5.91 Å². The van der Waals surface area contributed by atoms with Crippen molar-refractivity contribution in [3.8, 4) is 11.8 Å². The van der Waals surface area contributed by atoms with E-state index in [2.05, 4.69) is 4.90 Å². The SMILES string of the molecule is CCc1c(F)ccc2cc(O)cc(N3Cc4nc(OCC56CCCN5CC(F)C6)nc(N5CCCCC(O)C5)c4C3=O)c12. The van der Waals surface area contributed by atoms with Crippen molar-refractivity contribution in [3.63, 3.8) is 0 Å². The van der Waals surface area contributed by atoms with Crippen molar-refractivity contribution in [2.24, 2.45) is 0 Å². The molecule has 43 heavy (non-hydrogen) atoms. The highest BCUT2D eigenvalue weighted by atomic mass is 19.1. The van der Waals surface area contributed by atoms with Crippen LogP contribution in [0.4, 0.5) is 20.3 Å². The zero-order valence-electron chi connectivity index (χ0n) is 24.4. The summed E-state index contributed by atoms with van der Waals surface area (Å²) in [4.78, 5) is 29.3. The van der Waals surface area contributed by atoms with E-state index < -0.39 is 12.3 Å². The number of amides is 1. The van der Waals surface area contributed by atoms with E-state index in [1.54, 1.807) is 12.1 Å². The third kappa shape index (κ3) is 4.86. The van der Waals surface area contributed by atoms with Crippen LogP contribution < -0.4 is 14.5 Å². The number of hydrogen-bond acceptors (Lipinski definition) is 8. The Kier molecular flexibility index (Phi) is 7.12. The summed E-state index contributed by atoms with van der Waals surface area (Å²) in [6, 6.07) is 6.16. The van der Waals surface area contributed by atoms with Crippen molar-refractivity contribution in [2.45, 2.75) is 76.2 Å². The van der Waals surface area contributed by atoms with E-state index in [1.807, 2.05) is 11.8 Å². The summed E-state index contributed by atoms with van der Waals surface area (Å²) in [6.45, 7) is 4.36. The summed E-state index contributed by atoms with van der Waals surface area (Å²) in [5.41, 5.74) is 1.26. The summed E-state index contributed by atoms with van der Waals surface area (Å²) in [5.74, 6) is -0.363. The number of aliphatic hydroxyl groups excluding tert-OH is 1. The minimum absolute atomic E-state index is 0.0333. The first-order chi connectivity index (χ1) is 20.8. The lowest BCUT2D eigenvalue weighted by Gasteiger charge is -2.31. The number of halogens is 2. The molecule has 3 unspecified atom stereocenters. The van der Waals surface area contributed by atoms with Crippen LogP contribution in [0.2, 0.25) is 0 Å². The normalized spacial score (nSPS) is 25.8. The zero-order valence-corrected chi connectivity index (χ0v) is 24.4. The van der Waals surface area contributed by atoms with Crippen LogP contribution >= 0.6 is 0 Å². The van der Waals surface area contributed by atoms with Crippen LogP contribution in [0.1, 0.15) is 67.1 Å². The molecule has 0 bridgehead atoms. The Balaban J connectivity index is 1.30. The largest absolute Gasteiger partial charge is 0.508 e. The number of benzene rings is 2. The van der Waals surface area contributed by atoms with Gasteiger partial charge in [-0.25, -0.2) is 8.78 Å². The molecule has 4 aliphatic heterocycles. The topological polar surface area (TPSA) is 102 Å². The van der Waals surface area contributed by atoms with Gasteiger partial charge in [-0.2, -0.15) is 9.97 Å². The van der Waals surface area contributed by atoms with Crippen LogP contribution in [0, 0.1) is 5.82 Å². The molecule has 3 atom stereocenters. The number of alkyl halides is 1. The first-order valence-corrected chi connectivity index (χ1v) is 15.4. The molecule has 0 radical (unpaired) electrons. The Hall–Kier alpha value is -3.57. The van der Waals surface area contributed by atoms with Crippen LogP contribution in [-0.2, 0) is 13.0 Å². The summed E-state index contributed by atoms with van der Waals surface area (Å²) in [5, 5.41) is 22.4. The van der Waals surface area contributed by atoms with Crippen LogP contribution in [-0.4, -0.2) is 81.6 Å². The lowest BCUT2D eigenvalue weighted by Crippen LogP contribution is -2.43. The van der Waals surface area contributed by atoms with E-state index >= 15 is 0 Å². The summed E-state index contributed by atoms with van der Waals surface area (Å²) >= 11 is 0. The maximum Gasteiger partial charge on any atom is 0.318 e. The Morgan fingerprint density at radius 2 is 2.00 bits per heavy atom. The van der Waals surface area contributed by atoms with Gasteiger partial charge in [0.15, 0.2) is 0 Å². The second-order valence-corrected chi connectivity index (χ2v) is 12.4. The van der Waals surface area contributed by atoms with Gasteiger partial charge < -0.3 is 24.7 Å². The predicted octanol–water partition coefficient (Wildman–Crippen LogP) is 4.50. The number of fused-ring (bicyclic) bond motifs is 3. The summed E-state index contributed by atoms with van der Waals surface area (Å²) < 4.78 is 35.6. The van der Waals surface area contributed by atoms with Crippen molar-refractivity contribution in [2.75, 3.05) is 42.6 Å². The van der Waals surface area contributed by atoms with Gasteiger partial charge in [-0.15, -0.1) is 0 Å². The minimum Gasteiger partial charge on any atom is -0.508 e. The van der Waals surface area contributed by atoms with Crippen molar-refractivity contribution < 1.29 is 28.5 Å². The maximum absolute atomic E-state index is 14.9. The number of anilines is 2. The van der Waals surface area contributed by atoms with Crippen molar-refractivity contribution in [1.82, 2.24) is 14.9 Å². The van der Waals surface area contributed by atoms with Gasteiger partial charge in [0.05, 0.1) is 29.6 Å². The fourth-order valence-electron chi connectivity index (χ4n) is 7.64. The average Bonchev–Trinajstić information content (AvgIpc) is 3.55. The molecule has 9 nitrogen and oxygen atoms in total. The van der Waals surface area contributed by atoms with E-state index in [9.17, 15) is 23.8 Å². The Labute approximate surface area is 249 Å². The van der Waals surface area contributed by atoms with E-state index in [4.69, 9.17) is 14.7 Å². The van der Waals surface area contributed by atoms with Crippen LogP contribution in [0.5, 0.6) is 11.8 Å². The van der Waals surface area contributed by atoms with E-state index in [0.717, 1.165) is 32.2 Å². The lowest BCUT2D eigenvalue weighted by atomic mass is 9.95. The molecule has 1 amide bonds. The average molecular weight is 594 g/mol. The zero-order chi connectivity index (χ0) is 29.9. The fourth-order valence-corrected chi connectivity index (χ4v) is 7.64. The first kappa shape index (κ1) is 28.2. The number of carbonyl (C=O) groups excluding carboxylic acids is 1. The van der Waals surface area contributed by atoms with Crippen LogP contribution in [0.3, 0.4) is 0 Å². The number of carbonyl (C=O) groups is 1. The van der Waals surface area contributed by atoms with Crippen molar-refractivity contribution in [3.05, 3.63) is 46.9 Å². The van der Waals surface area contributed by atoms with Gasteiger partial charge in [0.1, 0.15) is 35.7 Å². The van der Waals surface area contributed by atoms with E-state index in [1.165, 1.54) is 17.0 Å². The number of hydrogen-bond donors (Lipinski definition) is 2. The molecule has 1 aromatic heterocycles. The quantitative estimate of drug-likeness (QED) is 0.431. The highest BCUT2D eigenvalue weighted by Crippen LogP contribution is 2.43. The fraction of sp³-hybridized carbons (Fsp3) is 0.531. The first-order valence-electron chi connectivity index (χ1n) is 15.4. The monoisotopic (exact) mass is 593 g/mol. The Morgan fingerprint density at radius 1 is 1.14 bits per heavy atom. The van der Waals surface area contributed by atoms with Crippen LogP contribution in [0.15, 0.2) is 24.3 Å². The number of phenolic OH excluding ortho intramolecular Hbond substituents is 1. The molecule has 3 aromatic rings. The lowest BCUT2D eigenvalue weighted by molar-refractivity contribution is 0.0995. The number of aromatic nitrogens is 2. The third-order valence-corrected chi connectivity index (χ3v) is 9.66. The molecule has 5 heterocycles. The molecule has 228 valence electrons. The van der Waals surface area contributed by atoms with Gasteiger partial charge in [0, 0.05) is 37.5 Å². The molecule has 2 N–H and O–H groups in total. The Bertz CT molecular complexity index is 1590. The third-order valence-electron chi connectivity index (χ3n) is 9.66. The number of nitrogens with zero attached hydrogens (tertiary/aromatic N) is 5. The number of aryl methyl sites for hydroxylation is 1. The molecule has 4 aliphatic rings. The number of aromatic hydroxyl groups is 1. The van der Waals surface area contributed by atoms with Gasteiger partial charge in [-0.05, 0) is 68.2 Å². The summed E-state index contributed by atoms with van der Waals surface area (Å²) in [6.07, 6.45) is 3.54. The molecule has 0 aliphatic carbocycles. The van der Waals surface area contributed by atoms with Crippen molar-refractivity contribution in [1.29, 1.82) is 0 Å². The predicted molar refractivity (Wildman–Crippen MR) is 158 cm³/mol. The van der Waals surface area contributed by atoms with E-state index in [0.29, 0.717) is 78.0 Å². The standard InChI is InChI=1S/C32H37F2N5O4/c1-2-23-24(34)8-7-19-12-22(41)13-26(27(19)23)39-17-25-28(30(39)42)29(37-10-4-3-6-21(40)16-37)36-31(35-25)43-18-32-9-5-11-38(32)15-20(33)14-32/h7-8,12-13,20-21,40-41H,2-6,9-11,14-18H2,1H3. The summed E-state index contributed by atoms with van der Waals surface area (Å²) in [7, 11) is 0. The molecule has 3 saturated heterocycles. The second kappa shape index (κ2) is 10.9. The van der Waals surface area contributed by atoms with Crippen LogP contribution in [0.25, 0.3) is 10.8 Å². The Morgan fingerprint density at radius 3 is 2.84 bits per heavy atom. The van der Waals surface area contributed by atoms with Gasteiger partial charge in [-0.3, -0.25) is 9.69 Å². The van der Waals surface area contributed by atoms with Gasteiger partial charge >= 0.3 is 6.01 Å². The molecule has 2 aromatic carbocycles. The smallest absolute Gasteiger partial charge is 0.318 e. The minimum atomic E-state index is -0.889. The number of ether oxygens (including phenoxy) is 1. The molecule has 0 saturated carbocycles. The number of β-amino-alcohol motifs (C(OH)–C–C–N with tert-alkyl or cyclic N) is 1. The van der Waals surface area contributed by atoms with Gasteiger partial charge in [-0.1, -0.05) is 13.0 Å². The van der Waals surface area contributed by atoms with Crippen molar-refractivity contribution >= 4 is 28.2 Å². The van der Waals surface area contributed by atoms with E-state index in [-0.39, 0.29) is 42.2 Å². The number of phenols is 1. The molecular formula is C32H37F2N5O4. The highest BCUT2D eigenvalue weighted by Gasteiger charge is 2.49.